The van der Waals surface area contributed by atoms with Gasteiger partial charge in [0.05, 0.1) is 16.8 Å². The monoisotopic (exact) mass is 478 g/mol. The van der Waals surface area contributed by atoms with Gasteiger partial charge in [-0.15, -0.1) is 0 Å². The molecule has 7 nitrogen and oxygen atoms in total. The Morgan fingerprint density at radius 2 is 1.53 bits per heavy atom. The summed E-state index contributed by atoms with van der Waals surface area (Å²) in [7, 11) is -0.0713. The van der Waals surface area contributed by atoms with Gasteiger partial charge in [-0.05, 0) is 67.8 Å². The van der Waals surface area contributed by atoms with Gasteiger partial charge in [0.2, 0.25) is 0 Å². The number of hydrazone groups is 1. The number of aryl methyl sites for hydroxylation is 3. The van der Waals surface area contributed by atoms with Gasteiger partial charge >= 0.3 is 0 Å². The Balaban J connectivity index is 1.84. The van der Waals surface area contributed by atoms with Crippen LogP contribution >= 0.6 is 0 Å². The second kappa shape index (κ2) is 10.5. The van der Waals surface area contributed by atoms with Crippen molar-refractivity contribution in [3.05, 3.63) is 89.0 Å². The highest BCUT2D eigenvalue weighted by Gasteiger charge is 2.28. The molecular formula is C26H30N4O3S. The Morgan fingerprint density at radius 1 is 0.912 bits per heavy atom. The van der Waals surface area contributed by atoms with Crippen molar-refractivity contribution in [2.45, 2.75) is 25.7 Å². The number of carbonyl (C=O) groups is 1. The molecule has 0 aliphatic carbocycles. The van der Waals surface area contributed by atoms with E-state index < -0.39 is 22.5 Å². The lowest BCUT2D eigenvalue weighted by Crippen LogP contribution is -2.40. The van der Waals surface area contributed by atoms with Gasteiger partial charge in [-0.1, -0.05) is 42.0 Å². The first-order valence-corrected chi connectivity index (χ1v) is 12.3. The highest BCUT2D eigenvalue weighted by molar-refractivity contribution is 7.92. The number of benzene rings is 3. The van der Waals surface area contributed by atoms with Crippen molar-refractivity contribution in [1.82, 2.24) is 5.43 Å². The summed E-state index contributed by atoms with van der Waals surface area (Å²) in [6.07, 6.45) is 1.52. The molecular weight excluding hydrogens is 448 g/mol. The molecule has 0 atom stereocenters. The quantitative estimate of drug-likeness (QED) is 0.392. The summed E-state index contributed by atoms with van der Waals surface area (Å²) in [6, 6.07) is 19.7. The van der Waals surface area contributed by atoms with Crippen LogP contribution in [0.3, 0.4) is 0 Å². The van der Waals surface area contributed by atoms with E-state index in [1.807, 2.05) is 76.2 Å². The van der Waals surface area contributed by atoms with E-state index in [1.54, 1.807) is 30.3 Å². The minimum atomic E-state index is -3.98. The number of sulfonamides is 1. The largest absolute Gasteiger partial charge is 0.378 e. The molecule has 0 saturated carbocycles. The van der Waals surface area contributed by atoms with E-state index >= 15 is 0 Å². The molecule has 0 heterocycles. The zero-order chi connectivity index (χ0) is 24.9. The normalized spacial score (nSPS) is 11.4. The standard InChI is InChI=1S/C26H30N4O3S/c1-19-7-14-24(15-8-19)34(32,33)30(25-16-20(2)6-9-21(25)3)18-26(31)28-27-17-22-10-12-23(13-11-22)29(4)5/h6-17H,18H2,1-5H3,(H,28,31)/b27-17-. The highest BCUT2D eigenvalue weighted by atomic mass is 32.2. The van der Waals surface area contributed by atoms with Crippen molar-refractivity contribution in [2.75, 3.05) is 29.8 Å². The molecule has 3 aromatic carbocycles. The second-order valence-electron chi connectivity index (χ2n) is 8.39. The molecule has 34 heavy (non-hydrogen) atoms. The van der Waals surface area contributed by atoms with Crippen LogP contribution in [0.1, 0.15) is 22.3 Å². The van der Waals surface area contributed by atoms with Gasteiger partial charge in [0.25, 0.3) is 15.9 Å². The van der Waals surface area contributed by atoms with Crippen LogP contribution in [-0.4, -0.2) is 41.2 Å². The van der Waals surface area contributed by atoms with Crippen molar-refractivity contribution < 1.29 is 13.2 Å². The predicted molar refractivity (Wildman–Crippen MR) is 138 cm³/mol. The van der Waals surface area contributed by atoms with E-state index in [2.05, 4.69) is 10.5 Å². The first kappa shape index (κ1) is 25.0. The Morgan fingerprint density at radius 3 is 2.15 bits per heavy atom. The smallest absolute Gasteiger partial charge is 0.264 e. The fourth-order valence-electron chi connectivity index (χ4n) is 3.33. The van der Waals surface area contributed by atoms with Gasteiger partial charge in [-0.3, -0.25) is 9.10 Å². The molecule has 0 unspecified atom stereocenters. The van der Waals surface area contributed by atoms with Crippen molar-refractivity contribution in [3.8, 4) is 0 Å². The van der Waals surface area contributed by atoms with Crippen molar-refractivity contribution in [3.63, 3.8) is 0 Å². The first-order chi connectivity index (χ1) is 16.1. The van der Waals surface area contributed by atoms with Gasteiger partial charge < -0.3 is 4.90 Å². The number of hydrogen-bond donors (Lipinski definition) is 1. The van der Waals surface area contributed by atoms with Crippen LogP contribution in [0.2, 0.25) is 0 Å². The molecule has 0 spiro atoms. The SMILES string of the molecule is Cc1ccc(S(=O)(=O)N(CC(=O)N/N=C\c2ccc(N(C)C)cc2)c2cc(C)ccc2C)cc1. The maximum Gasteiger partial charge on any atom is 0.264 e. The molecule has 178 valence electrons. The number of anilines is 2. The summed E-state index contributed by atoms with van der Waals surface area (Å²) < 4.78 is 28.2. The van der Waals surface area contributed by atoms with Gasteiger partial charge in [0.1, 0.15) is 6.54 Å². The van der Waals surface area contributed by atoms with E-state index in [9.17, 15) is 13.2 Å². The summed E-state index contributed by atoms with van der Waals surface area (Å²) in [4.78, 5) is 14.9. The summed E-state index contributed by atoms with van der Waals surface area (Å²) in [6.45, 7) is 5.18. The lowest BCUT2D eigenvalue weighted by atomic mass is 10.1. The maximum absolute atomic E-state index is 13.5. The van der Waals surface area contributed by atoms with Gasteiger partial charge in [0, 0.05) is 19.8 Å². The molecule has 3 rings (SSSR count). The third-order valence-corrected chi connectivity index (χ3v) is 7.12. The van der Waals surface area contributed by atoms with Crippen LogP contribution in [0, 0.1) is 20.8 Å². The number of carbonyl (C=O) groups excluding carboxylic acids is 1. The zero-order valence-electron chi connectivity index (χ0n) is 20.1. The number of amides is 1. The molecule has 0 radical (unpaired) electrons. The molecule has 8 heteroatoms. The molecule has 0 bridgehead atoms. The van der Waals surface area contributed by atoms with Crippen LogP contribution in [-0.2, 0) is 14.8 Å². The third-order valence-electron chi connectivity index (χ3n) is 5.34. The number of hydrogen-bond acceptors (Lipinski definition) is 5. The molecule has 1 N–H and O–H groups in total. The average Bonchev–Trinajstić information content (AvgIpc) is 2.80. The average molecular weight is 479 g/mol. The molecule has 0 saturated heterocycles. The molecule has 0 aromatic heterocycles. The topological polar surface area (TPSA) is 82.1 Å². The minimum Gasteiger partial charge on any atom is -0.378 e. The van der Waals surface area contributed by atoms with Crippen LogP contribution in [0.25, 0.3) is 0 Å². The molecule has 1 amide bonds. The van der Waals surface area contributed by atoms with Crippen LogP contribution in [0.5, 0.6) is 0 Å². The molecule has 0 fully saturated rings. The Kier molecular flexibility index (Phi) is 7.73. The second-order valence-corrected chi connectivity index (χ2v) is 10.3. The fourth-order valence-corrected chi connectivity index (χ4v) is 4.81. The Bertz CT molecular complexity index is 1280. The van der Waals surface area contributed by atoms with Crippen molar-refractivity contribution >= 4 is 33.5 Å². The van der Waals surface area contributed by atoms with E-state index in [1.165, 1.54) is 6.21 Å². The van der Waals surface area contributed by atoms with Gasteiger partial charge in [-0.2, -0.15) is 5.10 Å². The van der Waals surface area contributed by atoms with Crippen LogP contribution < -0.4 is 14.6 Å². The Labute approximate surface area is 201 Å². The maximum atomic E-state index is 13.5. The summed E-state index contributed by atoms with van der Waals surface area (Å²) >= 11 is 0. The lowest BCUT2D eigenvalue weighted by molar-refractivity contribution is -0.119. The fraction of sp³-hybridized carbons (Fsp3) is 0.231. The highest BCUT2D eigenvalue weighted by Crippen LogP contribution is 2.28. The zero-order valence-corrected chi connectivity index (χ0v) is 20.9. The van der Waals surface area contributed by atoms with Crippen molar-refractivity contribution in [1.29, 1.82) is 0 Å². The summed E-state index contributed by atoms with van der Waals surface area (Å²) in [5.41, 5.74) is 7.35. The summed E-state index contributed by atoms with van der Waals surface area (Å²) in [5.74, 6) is -0.544. The van der Waals surface area contributed by atoms with Crippen molar-refractivity contribution in [2.24, 2.45) is 5.10 Å². The number of rotatable bonds is 8. The summed E-state index contributed by atoms with van der Waals surface area (Å²) in [5, 5.41) is 4.01. The Hall–Kier alpha value is -3.65. The van der Waals surface area contributed by atoms with Gasteiger partial charge in [0.15, 0.2) is 0 Å². The number of nitrogens with zero attached hydrogens (tertiary/aromatic N) is 3. The minimum absolute atomic E-state index is 0.122. The molecule has 0 aliphatic rings. The van der Waals surface area contributed by atoms with Gasteiger partial charge in [-0.25, -0.2) is 13.8 Å². The van der Waals surface area contributed by atoms with E-state index in [0.717, 1.165) is 32.2 Å². The predicted octanol–water partition coefficient (Wildman–Crippen LogP) is 4.02. The lowest BCUT2D eigenvalue weighted by Gasteiger charge is -2.25. The molecule has 0 aliphatic heterocycles. The molecule has 3 aromatic rings. The first-order valence-electron chi connectivity index (χ1n) is 10.8. The van der Waals surface area contributed by atoms with E-state index in [-0.39, 0.29) is 4.90 Å². The van der Waals surface area contributed by atoms with Crippen LogP contribution in [0.15, 0.2) is 76.7 Å². The van der Waals surface area contributed by atoms with E-state index in [0.29, 0.717) is 5.69 Å². The number of nitrogens with one attached hydrogen (secondary N) is 1. The third kappa shape index (κ3) is 6.02. The van der Waals surface area contributed by atoms with E-state index in [4.69, 9.17) is 0 Å². The van der Waals surface area contributed by atoms with Crippen LogP contribution in [0.4, 0.5) is 11.4 Å².